The van der Waals surface area contributed by atoms with Gasteiger partial charge in [-0.15, -0.1) is 6.58 Å². The molecule has 4 rings (SSSR count). The lowest BCUT2D eigenvalue weighted by molar-refractivity contribution is 0.351. The number of benzene rings is 2. The van der Waals surface area contributed by atoms with E-state index in [0.717, 1.165) is 42.3 Å². The number of imidazole rings is 1. The van der Waals surface area contributed by atoms with Gasteiger partial charge in [0.25, 0.3) is 0 Å². The molecule has 0 unspecified atom stereocenters. The molecule has 1 fully saturated rings. The van der Waals surface area contributed by atoms with Crippen LogP contribution in [-0.4, -0.2) is 27.3 Å². The Morgan fingerprint density at radius 3 is 2.42 bits per heavy atom. The van der Waals surface area contributed by atoms with E-state index in [1.54, 1.807) is 0 Å². The Labute approximate surface area is 154 Å². The largest absolute Gasteiger partial charge is 0.316 e. The van der Waals surface area contributed by atoms with Crippen LogP contribution in [0.4, 0.5) is 0 Å². The molecule has 4 nitrogen and oxygen atoms in total. The zero-order chi connectivity index (χ0) is 18.0. The summed E-state index contributed by atoms with van der Waals surface area (Å²) >= 11 is 0. The Hall–Kier alpha value is -2.16. The zero-order valence-electron chi connectivity index (χ0n) is 14.9. The van der Waals surface area contributed by atoms with Gasteiger partial charge in [0.1, 0.15) is 0 Å². The van der Waals surface area contributed by atoms with Crippen LogP contribution in [0, 0.1) is 0 Å². The maximum Gasteiger partial charge on any atom is 0.241 e. The van der Waals surface area contributed by atoms with Crippen molar-refractivity contribution in [2.24, 2.45) is 0 Å². The smallest absolute Gasteiger partial charge is 0.241 e. The molecule has 1 aliphatic rings. The fourth-order valence-electron chi connectivity index (χ4n) is 3.80. The van der Waals surface area contributed by atoms with Gasteiger partial charge in [0.2, 0.25) is 7.29 Å². The number of rotatable bonds is 5. The lowest BCUT2D eigenvalue weighted by atomic mass is 10.2. The third kappa shape index (κ3) is 2.84. The molecule has 0 amide bonds. The van der Waals surface area contributed by atoms with Gasteiger partial charge in [0.15, 0.2) is 5.57 Å². The minimum Gasteiger partial charge on any atom is -0.316 e. The number of allylic oxidation sites excluding steroid dienone is 1. The molecule has 0 aliphatic carbocycles. The number of nitrogens with zero attached hydrogens (tertiary/aromatic N) is 3. The van der Waals surface area contributed by atoms with Crippen LogP contribution in [-0.2, 0) is 11.1 Å². The van der Waals surface area contributed by atoms with Crippen molar-refractivity contribution in [2.45, 2.75) is 25.8 Å². The summed E-state index contributed by atoms with van der Waals surface area (Å²) in [4.78, 5) is 4.87. The molecule has 0 radical (unpaired) electrons. The van der Waals surface area contributed by atoms with E-state index in [-0.39, 0.29) is 0 Å². The normalized spacial score (nSPS) is 17.8. The molecule has 26 heavy (non-hydrogen) atoms. The van der Waals surface area contributed by atoms with Gasteiger partial charge in [-0.25, -0.2) is 9.65 Å². The Kier molecular flexibility index (Phi) is 4.80. The van der Waals surface area contributed by atoms with Crippen molar-refractivity contribution in [2.75, 3.05) is 13.1 Å². The minimum atomic E-state index is -3.00. The molecule has 1 aliphatic heterocycles. The molecule has 2 heterocycles. The maximum absolute atomic E-state index is 14.6. The van der Waals surface area contributed by atoms with E-state index in [0.29, 0.717) is 12.1 Å². The second kappa shape index (κ2) is 7.22. The van der Waals surface area contributed by atoms with Crippen LogP contribution in [0.2, 0.25) is 0 Å². The van der Waals surface area contributed by atoms with Crippen molar-refractivity contribution >= 4 is 29.2 Å². The summed E-state index contributed by atoms with van der Waals surface area (Å²) in [7, 11) is -3.00. The second-order valence-electron chi connectivity index (χ2n) is 6.73. The van der Waals surface area contributed by atoms with Gasteiger partial charge < -0.3 is 4.57 Å². The Bertz CT molecular complexity index is 958. The van der Waals surface area contributed by atoms with Crippen LogP contribution >= 0.6 is 7.29 Å². The van der Waals surface area contributed by atoms with Crippen LogP contribution in [0.15, 0.2) is 67.3 Å². The molecule has 1 saturated heterocycles. The summed E-state index contributed by atoms with van der Waals surface area (Å²) in [6, 6.07) is 17.9. The van der Waals surface area contributed by atoms with Gasteiger partial charge in [-0.05, 0) is 37.1 Å². The summed E-state index contributed by atoms with van der Waals surface area (Å²) in [5, 5.41) is 0.863. The minimum absolute atomic E-state index is 0.598. The maximum atomic E-state index is 14.6. The first-order valence-corrected chi connectivity index (χ1v) is 10.9. The summed E-state index contributed by atoms with van der Waals surface area (Å²) in [5.74, 6) is 0. The predicted molar refractivity (Wildman–Crippen MR) is 109 cm³/mol. The van der Waals surface area contributed by atoms with E-state index < -0.39 is 7.29 Å². The van der Waals surface area contributed by atoms with Gasteiger partial charge in [-0.1, -0.05) is 42.8 Å². The summed E-state index contributed by atoms with van der Waals surface area (Å²) in [5.41, 5.74) is 2.57. The third-order valence-electron chi connectivity index (χ3n) is 5.05. The van der Waals surface area contributed by atoms with Gasteiger partial charge in [0.05, 0.1) is 11.0 Å². The van der Waals surface area contributed by atoms with Crippen LogP contribution in [0.3, 0.4) is 0 Å². The number of hydrogen-bond acceptors (Lipinski definition) is 2. The molecular formula is C21H24N3OP. The van der Waals surface area contributed by atoms with E-state index in [4.69, 9.17) is 4.98 Å². The average Bonchev–Trinajstić information content (AvgIpc) is 3.08. The summed E-state index contributed by atoms with van der Waals surface area (Å²) in [6.45, 7) is 6.20. The van der Waals surface area contributed by atoms with Crippen molar-refractivity contribution in [1.82, 2.24) is 14.2 Å². The van der Waals surface area contributed by atoms with E-state index in [2.05, 4.69) is 15.8 Å². The second-order valence-corrected chi connectivity index (χ2v) is 9.36. The van der Waals surface area contributed by atoms with E-state index >= 15 is 0 Å². The third-order valence-corrected chi connectivity index (χ3v) is 8.13. The molecule has 1 aromatic heterocycles. The number of fused-ring (bicyclic) bond motifs is 1. The first-order valence-electron chi connectivity index (χ1n) is 9.23. The SMILES string of the molecule is C=CCn1c([P@@](=O)(c2ccccc2)N2CCCCC2)nc2ccccc21. The van der Waals surface area contributed by atoms with Gasteiger partial charge in [-0.3, -0.25) is 4.57 Å². The van der Waals surface area contributed by atoms with E-state index in [9.17, 15) is 4.57 Å². The summed E-state index contributed by atoms with van der Waals surface area (Å²) in [6.07, 6.45) is 5.22. The van der Waals surface area contributed by atoms with Gasteiger partial charge >= 0.3 is 0 Å². The lowest BCUT2D eigenvalue weighted by Gasteiger charge is -2.34. The van der Waals surface area contributed by atoms with Crippen LogP contribution in [0.5, 0.6) is 0 Å². The molecule has 1 atom stereocenters. The molecule has 3 aromatic rings. The summed E-state index contributed by atoms with van der Waals surface area (Å²) < 4.78 is 18.9. The number of para-hydroxylation sites is 2. The molecular weight excluding hydrogens is 341 g/mol. The fraction of sp³-hybridized carbons (Fsp3) is 0.286. The quantitative estimate of drug-likeness (QED) is 0.508. The Balaban J connectivity index is 1.98. The first-order chi connectivity index (χ1) is 12.7. The highest BCUT2D eigenvalue weighted by Gasteiger charge is 2.39. The van der Waals surface area contributed by atoms with Crippen LogP contribution in [0.1, 0.15) is 19.3 Å². The highest BCUT2D eigenvalue weighted by atomic mass is 31.2. The number of piperidine rings is 1. The van der Waals surface area contributed by atoms with Gasteiger partial charge in [0, 0.05) is 24.9 Å². The molecule has 0 N–H and O–H groups in total. The Morgan fingerprint density at radius 1 is 1.00 bits per heavy atom. The predicted octanol–water partition coefficient (Wildman–Crippen LogP) is 3.94. The number of hydrogen-bond donors (Lipinski definition) is 0. The van der Waals surface area contributed by atoms with Gasteiger partial charge in [-0.2, -0.15) is 0 Å². The van der Waals surface area contributed by atoms with Crippen molar-refractivity contribution < 1.29 is 4.57 Å². The molecule has 0 saturated carbocycles. The zero-order valence-corrected chi connectivity index (χ0v) is 15.8. The van der Waals surface area contributed by atoms with Crippen molar-refractivity contribution in [1.29, 1.82) is 0 Å². The molecule has 5 heteroatoms. The lowest BCUT2D eigenvalue weighted by Crippen LogP contribution is -2.39. The van der Waals surface area contributed by atoms with Crippen molar-refractivity contribution in [3.05, 3.63) is 67.3 Å². The van der Waals surface area contributed by atoms with E-state index in [1.807, 2.05) is 60.7 Å². The monoisotopic (exact) mass is 365 g/mol. The number of aromatic nitrogens is 2. The van der Waals surface area contributed by atoms with Crippen LogP contribution in [0.25, 0.3) is 11.0 Å². The molecule has 2 aromatic carbocycles. The Morgan fingerprint density at radius 2 is 1.69 bits per heavy atom. The topological polar surface area (TPSA) is 38.1 Å². The highest BCUT2D eigenvalue weighted by molar-refractivity contribution is 7.76. The molecule has 0 bridgehead atoms. The van der Waals surface area contributed by atoms with Crippen LogP contribution < -0.4 is 10.9 Å². The first kappa shape index (κ1) is 17.3. The van der Waals surface area contributed by atoms with Crippen molar-refractivity contribution in [3.8, 4) is 0 Å². The van der Waals surface area contributed by atoms with E-state index in [1.165, 1.54) is 6.42 Å². The fourth-order valence-corrected chi connectivity index (χ4v) is 6.79. The van der Waals surface area contributed by atoms with Crippen molar-refractivity contribution in [3.63, 3.8) is 0 Å². The highest BCUT2D eigenvalue weighted by Crippen LogP contribution is 2.48. The molecule has 134 valence electrons. The standard InChI is InChI=1S/C21H24N3OP/c1-2-15-24-20-14-8-7-13-19(20)22-21(24)26(25,18-11-5-3-6-12-18)23-16-9-4-10-17-23/h2-3,5-8,11-14H,1,4,9-10,15-17H2/t26-/m0/s1. The average molecular weight is 365 g/mol. The molecule has 0 spiro atoms.